The Labute approximate surface area is 122 Å². The SMILES string of the molecule is CCOC(=O)C(C(=O)OCC)c1cnc(S(C)(=O)=O)cn1. The normalized spacial score (nSPS) is 11.2. The molecule has 0 atom stereocenters. The Balaban J connectivity index is 3.14. The lowest BCUT2D eigenvalue weighted by Gasteiger charge is -2.13. The summed E-state index contributed by atoms with van der Waals surface area (Å²) in [6.45, 7) is 3.37. The Morgan fingerprint density at radius 3 is 1.95 bits per heavy atom. The second kappa shape index (κ2) is 7.11. The highest BCUT2D eigenvalue weighted by molar-refractivity contribution is 7.90. The van der Waals surface area contributed by atoms with Gasteiger partial charge in [-0.05, 0) is 13.8 Å². The summed E-state index contributed by atoms with van der Waals surface area (Å²) in [4.78, 5) is 31.2. The second-order valence-corrected chi connectivity index (χ2v) is 5.95. The van der Waals surface area contributed by atoms with E-state index in [1.54, 1.807) is 13.8 Å². The van der Waals surface area contributed by atoms with Crippen LogP contribution in [0.25, 0.3) is 0 Å². The number of rotatable bonds is 6. The molecule has 0 unspecified atom stereocenters. The molecule has 0 saturated carbocycles. The third-order valence-electron chi connectivity index (χ3n) is 2.37. The molecule has 9 heteroatoms. The molecular formula is C12H16N2O6S. The smallest absolute Gasteiger partial charge is 0.326 e. The van der Waals surface area contributed by atoms with Crippen LogP contribution in [-0.2, 0) is 28.9 Å². The Hall–Kier alpha value is -2.03. The zero-order valence-corrected chi connectivity index (χ0v) is 12.7. The van der Waals surface area contributed by atoms with E-state index in [2.05, 4.69) is 9.97 Å². The van der Waals surface area contributed by atoms with E-state index in [9.17, 15) is 18.0 Å². The minimum atomic E-state index is -3.51. The molecule has 21 heavy (non-hydrogen) atoms. The van der Waals surface area contributed by atoms with E-state index >= 15 is 0 Å². The first-order valence-electron chi connectivity index (χ1n) is 6.16. The van der Waals surface area contributed by atoms with Gasteiger partial charge in [-0.15, -0.1) is 0 Å². The molecular weight excluding hydrogens is 300 g/mol. The summed E-state index contributed by atoms with van der Waals surface area (Å²) in [5, 5.41) is -0.252. The largest absolute Gasteiger partial charge is 0.465 e. The van der Waals surface area contributed by atoms with Gasteiger partial charge in [0.2, 0.25) is 0 Å². The number of carbonyl (C=O) groups excluding carboxylic acids is 2. The highest BCUT2D eigenvalue weighted by Crippen LogP contribution is 2.17. The molecule has 0 amide bonds. The maximum absolute atomic E-state index is 11.8. The predicted molar refractivity (Wildman–Crippen MR) is 71.1 cm³/mol. The zero-order valence-electron chi connectivity index (χ0n) is 11.9. The minimum absolute atomic E-state index is 0.0284. The first kappa shape index (κ1) is 17.0. The van der Waals surface area contributed by atoms with E-state index in [1.807, 2.05) is 0 Å². The van der Waals surface area contributed by atoms with Crippen LogP contribution < -0.4 is 0 Å². The fourth-order valence-electron chi connectivity index (χ4n) is 1.46. The van der Waals surface area contributed by atoms with Gasteiger partial charge in [-0.1, -0.05) is 0 Å². The van der Waals surface area contributed by atoms with E-state index in [-0.39, 0.29) is 23.9 Å². The molecule has 1 aromatic heterocycles. The predicted octanol–water partition coefficient (Wildman–Crippen LogP) is 0.0899. The van der Waals surface area contributed by atoms with Crippen LogP contribution >= 0.6 is 0 Å². The lowest BCUT2D eigenvalue weighted by Crippen LogP contribution is -2.27. The summed E-state index contributed by atoms with van der Waals surface area (Å²) >= 11 is 0. The second-order valence-electron chi connectivity index (χ2n) is 3.99. The molecule has 0 aliphatic carbocycles. The molecule has 0 aliphatic rings. The Bertz CT molecular complexity index is 593. The van der Waals surface area contributed by atoms with Crippen molar-refractivity contribution in [1.82, 2.24) is 9.97 Å². The molecule has 1 rings (SSSR count). The summed E-state index contributed by atoms with van der Waals surface area (Å²) in [5.74, 6) is -3.03. The van der Waals surface area contributed by atoms with Gasteiger partial charge in [-0.3, -0.25) is 14.6 Å². The van der Waals surface area contributed by atoms with Crippen LogP contribution in [0.5, 0.6) is 0 Å². The molecule has 8 nitrogen and oxygen atoms in total. The molecule has 1 aromatic rings. The van der Waals surface area contributed by atoms with Crippen LogP contribution in [0.15, 0.2) is 17.4 Å². The molecule has 0 radical (unpaired) electrons. The molecule has 116 valence electrons. The van der Waals surface area contributed by atoms with Gasteiger partial charge in [0, 0.05) is 6.26 Å². The van der Waals surface area contributed by atoms with Crippen molar-refractivity contribution in [2.75, 3.05) is 19.5 Å². The van der Waals surface area contributed by atoms with E-state index < -0.39 is 27.7 Å². The van der Waals surface area contributed by atoms with Crippen molar-refractivity contribution in [3.8, 4) is 0 Å². The molecule has 0 fully saturated rings. The van der Waals surface area contributed by atoms with Gasteiger partial charge in [-0.2, -0.15) is 0 Å². The third kappa shape index (κ3) is 4.48. The lowest BCUT2D eigenvalue weighted by atomic mass is 10.1. The first-order valence-corrected chi connectivity index (χ1v) is 8.05. The van der Waals surface area contributed by atoms with Crippen LogP contribution in [0.4, 0.5) is 0 Å². The Kier molecular flexibility index (Phi) is 5.77. The van der Waals surface area contributed by atoms with E-state index in [0.29, 0.717) is 0 Å². The number of esters is 2. The lowest BCUT2D eigenvalue weighted by molar-refractivity contribution is -0.157. The van der Waals surface area contributed by atoms with Gasteiger partial charge in [0.15, 0.2) is 20.8 Å². The maximum Gasteiger partial charge on any atom is 0.326 e. The standard InChI is InChI=1S/C12H16N2O6S/c1-4-19-11(15)10(12(16)20-5-2)8-6-14-9(7-13-8)21(3,17)18/h6-7,10H,4-5H2,1-3H3. The molecule has 0 N–H and O–H groups in total. The van der Waals surface area contributed by atoms with Gasteiger partial charge in [-0.25, -0.2) is 13.4 Å². The number of carbonyl (C=O) groups is 2. The summed E-state index contributed by atoms with van der Waals surface area (Å²) < 4.78 is 32.2. The molecule has 0 saturated heterocycles. The summed E-state index contributed by atoms with van der Waals surface area (Å²) in [7, 11) is -3.51. The van der Waals surface area contributed by atoms with Crippen LogP contribution in [0.3, 0.4) is 0 Å². The number of hydrogen-bond acceptors (Lipinski definition) is 8. The Morgan fingerprint density at radius 1 is 1.10 bits per heavy atom. The van der Waals surface area contributed by atoms with Gasteiger partial charge in [0.05, 0.1) is 31.3 Å². The van der Waals surface area contributed by atoms with Gasteiger partial charge in [0.1, 0.15) is 0 Å². The van der Waals surface area contributed by atoms with Gasteiger partial charge in [0.25, 0.3) is 0 Å². The van der Waals surface area contributed by atoms with E-state index in [1.165, 1.54) is 0 Å². The number of sulfone groups is 1. The number of nitrogens with zero attached hydrogens (tertiary/aromatic N) is 2. The quantitative estimate of drug-likeness (QED) is 0.536. The van der Waals surface area contributed by atoms with Crippen LogP contribution in [0.2, 0.25) is 0 Å². The van der Waals surface area contributed by atoms with Gasteiger partial charge >= 0.3 is 11.9 Å². The van der Waals surface area contributed by atoms with Crippen molar-refractivity contribution in [2.24, 2.45) is 0 Å². The molecule has 1 heterocycles. The average molecular weight is 316 g/mol. The van der Waals surface area contributed by atoms with Crippen molar-refractivity contribution in [2.45, 2.75) is 24.8 Å². The number of ether oxygens (including phenoxy) is 2. The summed E-state index contributed by atoms with van der Waals surface area (Å²) in [5.41, 5.74) is -0.0284. The van der Waals surface area contributed by atoms with Crippen molar-refractivity contribution in [1.29, 1.82) is 0 Å². The monoisotopic (exact) mass is 316 g/mol. The fourth-order valence-corrected chi connectivity index (χ4v) is 1.94. The maximum atomic E-state index is 11.8. The molecule has 0 bridgehead atoms. The summed E-state index contributed by atoms with van der Waals surface area (Å²) in [6, 6.07) is 0. The number of hydrogen-bond donors (Lipinski definition) is 0. The highest BCUT2D eigenvalue weighted by atomic mass is 32.2. The third-order valence-corrected chi connectivity index (χ3v) is 3.34. The number of aromatic nitrogens is 2. The fraction of sp³-hybridized carbons (Fsp3) is 0.500. The van der Waals surface area contributed by atoms with Crippen LogP contribution in [-0.4, -0.2) is 49.8 Å². The molecule has 0 aliphatic heterocycles. The highest BCUT2D eigenvalue weighted by Gasteiger charge is 2.33. The van der Waals surface area contributed by atoms with Crippen LogP contribution in [0.1, 0.15) is 25.5 Å². The van der Waals surface area contributed by atoms with E-state index in [0.717, 1.165) is 18.6 Å². The van der Waals surface area contributed by atoms with Crippen molar-refractivity contribution in [3.63, 3.8) is 0 Å². The zero-order chi connectivity index (χ0) is 16.0. The average Bonchev–Trinajstić information content (AvgIpc) is 2.39. The molecule has 0 spiro atoms. The van der Waals surface area contributed by atoms with Crippen molar-refractivity contribution >= 4 is 21.8 Å². The Morgan fingerprint density at radius 2 is 1.62 bits per heavy atom. The van der Waals surface area contributed by atoms with Crippen molar-refractivity contribution in [3.05, 3.63) is 18.1 Å². The van der Waals surface area contributed by atoms with E-state index in [4.69, 9.17) is 9.47 Å². The van der Waals surface area contributed by atoms with Crippen molar-refractivity contribution < 1.29 is 27.5 Å². The summed E-state index contributed by atoms with van der Waals surface area (Å²) in [6.07, 6.45) is 3.01. The van der Waals surface area contributed by atoms with Crippen LogP contribution in [0, 0.1) is 0 Å². The minimum Gasteiger partial charge on any atom is -0.465 e. The topological polar surface area (TPSA) is 113 Å². The van der Waals surface area contributed by atoms with Gasteiger partial charge < -0.3 is 9.47 Å². The molecule has 0 aromatic carbocycles. The first-order chi connectivity index (χ1) is 9.81.